The average Bonchev–Trinajstić information content (AvgIpc) is 2.70. The largest absolute Gasteiger partial charge is 0.337 e. The van der Waals surface area contributed by atoms with Crippen LogP contribution in [0.1, 0.15) is 103 Å². The van der Waals surface area contributed by atoms with Crippen LogP contribution in [0.2, 0.25) is 0 Å². The van der Waals surface area contributed by atoms with Gasteiger partial charge in [-0.25, -0.2) is 14.2 Å². The third kappa shape index (κ3) is 11.6. The van der Waals surface area contributed by atoms with Crippen LogP contribution in [-0.2, 0) is 0 Å². The summed E-state index contributed by atoms with van der Waals surface area (Å²) in [5, 5.41) is 2.57. The number of carbonyl (C=O) groups excluding carboxylic acids is 1. The third-order valence-electron chi connectivity index (χ3n) is 5.17. The molecule has 0 aromatic carbocycles. The first-order chi connectivity index (χ1) is 14.1. The number of hydrogen-bond acceptors (Lipinski definition) is 3. The lowest BCUT2D eigenvalue weighted by molar-refractivity contribution is 0.240. The van der Waals surface area contributed by atoms with Gasteiger partial charge in [-0.3, -0.25) is 9.78 Å². The van der Waals surface area contributed by atoms with E-state index in [4.69, 9.17) is 0 Å². The number of H-pyrrole nitrogens is 1. The quantitative estimate of drug-likeness (QED) is 0.371. The van der Waals surface area contributed by atoms with Crippen LogP contribution in [0.5, 0.6) is 0 Å². The molecule has 1 aromatic heterocycles. The van der Waals surface area contributed by atoms with Gasteiger partial charge in [0.15, 0.2) is 0 Å². The molecule has 6 nitrogen and oxygen atoms in total. The maximum Gasteiger partial charge on any atom is 0.336 e. The Hall–Kier alpha value is -1.92. The highest BCUT2D eigenvalue weighted by Crippen LogP contribution is 2.13. The molecular formula is C22H38FN3O3. The Balaban J connectivity index is 1.93. The van der Waals surface area contributed by atoms with Crippen LogP contribution in [0.3, 0.4) is 0 Å². The predicted octanol–water partition coefficient (Wildman–Crippen LogP) is 5.10. The summed E-state index contributed by atoms with van der Waals surface area (Å²) < 4.78 is 13.7. The van der Waals surface area contributed by atoms with Crippen LogP contribution in [-0.4, -0.2) is 22.1 Å². The van der Waals surface area contributed by atoms with Gasteiger partial charge in [0.25, 0.3) is 5.56 Å². The summed E-state index contributed by atoms with van der Waals surface area (Å²) >= 11 is 0. The molecule has 2 N–H and O–H groups in total. The zero-order valence-corrected chi connectivity index (χ0v) is 17.9. The highest BCUT2D eigenvalue weighted by molar-refractivity contribution is 5.76. The number of halogens is 1. The number of aromatic nitrogens is 2. The number of amides is 1. The molecule has 0 spiro atoms. The standard InChI is InChI=1S/C22H38FN3O3/c1-2-3-4-5-6-7-8-9-10-11-12-13-14-15-16-17-24-21(28)26-18-19(23)20(27)25-22(26)29/h18H,2-17H2,1H3,(H,24,28)(H,25,27,29). The Morgan fingerprint density at radius 1 is 0.862 bits per heavy atom. The van der Waals surface area contributed by atoms with Gasteiger partial charge >= 0.3 is 11.7 Å². The van der Waals surface area contributed by atoms with Gasteiger partial charge in [-0.1, -0.05) is 96.8 Å². The van der Waals surface area contributed by atoms with Crippen molar-refractivity contribution in [2.75, 3.05) is 6.54 Å². The Morgan fingerprint density at radius 2 is 1.31 bits per heavy atom. The SMILES string of the molecule is CCCCCCCCCCCCCCCCCNC(=O)n1cc(F)c(=O)[nH]c1=O. The van der Waals surface area contributed by atoms with E-state index in [2.05, 4.69) is 12.2 Å². The van der Waals surface area contributed by atoms with E-state index >= 15 is 0 Å². The molecule has 166 valence electrons. The van der Waals surface area contributed by atoms with E-state index in [-0.39, 0.29) is 0 Å². The summed E-state index contributed by atoms with van der Waals surface area (Å²) in [7, 11) is 0. The lowest BCUT2D eigenvalue weighted by atomic mass is 10.0. The lowest BCUT2D eigenvalue weighted by Gasteiger charge is -2.07. The predicted molar refractivity (Wildman–Crippen MR) is 115 cm³/mol. The van der Waals surface area contributed by atoms with Gasteiger partial charge in [0.2, 0.25) is 5.82 Å². The summed E-state index contributed by atoms with van der Waals surface area (Å²) in [5.41, 5.74) is -2.06. The molecule has 29 heavy (non-hydrogen) atoms. The van der Waals surface area contributed by atoms with Crippen molar-refractivity contribution in [1.29, 1.82) is 0 Å². The van der Waals surface area contributed by atoms with Gasteiger partial charge in [-0.05, 0) is 6.42 Å². The molecule has 0 fully saturated rings. The van der Waals surface area contributed by atoms with E-state index in [1.807, 2.05) is 0 Å². The van der Waals surface area contributed by atoms with Crippen molar-refractivity contribution in [2.24, 2.45) is 0 Å². The van der Waals surface area contributed by atoms with Crippen LogP contribution in [0.25, 0.3) is 0 Å². The molecule has 0 aliphatic carbocycles. The number of nitrogens with one attached hydrogen (secondary N) is 2. The second kappa shape index (κ2) is 15.9. The number of hydrogen-bond donors (Lipinski definition) is 2. The molecule has 1 heterocycles. The van der Waals surface area contributed by atoms with Crippen molar-refractivity contribution in [1.82, 2.24) is 14.9 Å². The normalized spacial score (nSPS) is 11.0. The smallest absolute Gasteiger partial charge is 0.336 e. The van der Waals surface area contributed by atoms with E-state index in [0.717, 1.165) is 19.3 Å². The summed E-state index contributed by atoms with van der Waals surface area (Å²) in [4.78, 5) is 36.0. The molecule has 1 amide bonds. The van der Waals surface area contributed by atoms with E-state index in [9.17, 15) is 18.8 Å². The summed E-state index contributed by atoms with van der Waals surface area (Å²) in [6.07, 6.45) is 19.6. The minimum absolute atomic E-state index is 0.421. The number of nitrogens with zero attached hydrogens (tertiary/aromatic N) is 1. The van der Waals surface area contributed by atoms with Gasteiger partial charge in [-0.15, -0.1) is 0 Å². The highest BCUT2D eigenvalue weighted by Gasteiger charge is 2.10. The monoisotopic (exact) mass is 411 g/mol. The maximum atomic E-state index is 13.2. The van der Waals surface area contributed by atoms with Crippen molar-refractivity contribution in [3.05, 3.63) is 32.9 Å². The summed E-state index contributed by atoms with van der Waals surface area (Å²) in [6, 6.07) is -0.726. The molecular weight excluding hydrogens is 373 g/mol. The Labute approximate surface area is 173 Å². The van der Waals surface area contributed by atoms with Crippen molar-refractivity contribution in [3.63, 3.8) is 0 Å². The van der Waals surface area contributed by atoms with Gasteiger partial charge < -0.3 is 5.32 Å². The molecule has 0 atom stereocenters. The first-order valence-electron chi connectivity index (χ1n) is 11.4. The second-order valence-corrected chi connectivity index (χ2v) is 7.79. The summed E-state index contributed by atoms with van der Waals surface area (Å²) in [6.45, 7) is 2.67. The van der Waals surface area contributed by atoms with Gasteiger partial charge in [-0.2, -0.15) is 4.39 Å². The molecule has 0 saturated carbocycles. The maximum absolute atomic E-state index is 13.2. The van der Waals surface area contributed by atoms with Crippen molar-refractivity contribution >= 4 is 6.03 Å². The summed E-state index contributed by atoms with van der Waals surface area (Å²) in [5.74, 6) is -1.16. The van der Waals surface area contributed by atoms with Crippen LogP contribution in [0.4, 0.5) is 9.18 Å². The molecule has 1 aromatic rings. The van der Waals surface area contributed by atoms with Gasteiger partial charge in [0, 0.05) is 6.54 Å². The van der Waals surface area contributed by atoms with Crippen LogP contribution >= 0.6 is 0 Å². The van der Waals surface area contributed by atoms with Crippen molar-refractivity contribution in [2.45, 2.75) is 103 Å². The molecule has 0 bridgehead atoms. The molecule has 0 aliphatic rings. The van der Waals surface area contributed by atoms with Crippen LogP contribution < -0.4 is 16.6 Å². The Morgan fingerprint density at radius 3 is 1.79 bits per heavy atom. The van der Waals surface area contributed by atoms with E-state index in [1.165, 1.54) is 77.0 Å². The first kappa shape index (κ1) is 25.1. The van der Waals surface area contributed by atoms with Crippen molar-refractivity contribution < 1.29 is 9.18 Å². The van der Waals surface area contributed by atoms with Crippen LogP contribution in [0, 0.1) is 5.82 Å². The second-order valence-electron chi connectivity index (χ2n) is 7.79. The number of rotatable bonds is 16. The van der Waals surface area contributed by atoms with Crippen molar-refractivity contribution in [3.8, 4) is 0 Å². The number of unbranched alkanes of at least 4 members (excludes halogenated alkanes) is 14. The Kier molecular flexibility index (Phi) is 13.8. The molecule has 0 radical (unpaired) electrons. The fourth-order valence-corrected chi connectivity index (χ4v) is 3.38. The van der Waals surface area contributed by atoms with Crippen LogP contribution in [0.15, 0.2) is 15.8 Å². The lowest BCUT2D eigenvalue weighted by Crippen LogP contribution is -2.40. The van der Waals surface area contributed by atoms with E-state index < -0.39 is 23.1 Å². The van der Waals surface area contributed by atoms with Gasteiger partial charge in [0.1, 0.15) is 0 Å². The van der Waals surface area contributed by atoms with E-state index in [1.54, 1.807) is 4.98 Å². The molecule has 0 unspecified atom stereocenters. The first-order valence-corrected chi connectivity index (χ1v) is 11.4. The molecule has 0 aliphatic heterocycles. The highest BCUT2D eigenvalue weighted by atomic mass is 19.1. The number of aromatic amines is 1. The van der Waals surface area contributed by atoms with Gasteiger partial charge in [0.05, 0.1) is 6.20 Å². The minimum atomic E-state index is -1.16. The number of carbonyl (C=O) groups is 1. The zero-order valence-electron chi connectivity index (χ0n) is 17.9. The molecule has 7 heteroatoms. The topological polar surface area (TPSA) is 84.0 Å². The fraction of sp³-hybridized carbons (Fsp3) is 0.773. The Bertz CT molecular complexity index is 685. The molecule has 0 saturated heterocycles. The van der Waals surface area contributed by atoms with E-state index in [0.29, 0.717) is 17.3 Å². The fourth-order valence-electron chi connectivity index (χ4n) is 3.38. The zero-order chi connectivity index (χ0) is 21.3. The third-order valence-corrected chi connectivity index (χ3v) is 5.17. The molecule has 1 rings (SSSR count). The minimum Gasteiger partial charge on any atom is -0.337 e. The average molecular weight is 412 g/mol.